The second kappa shape index (κ2) is 6.62. The standard InChI is InChI=1S/C14H20ClO3S/c1-14(2,3)11-19(16,17)13-7-5-12(6-8-13)18-10-4-9-15/h5-8H,1,4,9-11H2,2-3H3. The van der Waals surface area contributed by atoms with Gasteiger partial charge in [-0.15, -0.1) is 11.6 Å². The first-order chi connectivity index (χ1) is 8.74. The maximum atomic E-state index is 12.1. The predicted molar refractivity (Wildman–Crippen MR) is 78.5 cm³/mol. The van der Waals surface area contributed by atoms with E-state index in [-0.39, 0.29) is 5.75 Å². The van der Waals surface area contributed by atoms with Crippen molar-refractivity contribution < 1.29 is 13.2 Å². The molecule has 1 rings (SSSR count). The highest BCUT2D eigenvalue weighted by Gasteiger charge is 2.23. The van der Waals surface area contributed by atoms with Crippen molar-refractivity contribution >= 4 is 21.4 Å². The van der Waals surface area contributed by atoms with Gasteiger partial charge >= 0.3 is 0 Å². The smallest absolute Gasteiger partial charge is 0.178 e. The third-order valence-corrected chi connectivity index (χ3v) is 4.73. The third kappa shape index (κ3) is 5.83. The Morgan fingerprint density at radius 3 is 2.32 bits per heavy atom. The summed E-state index contributed by atoms with van der Waals surface area (Å²) in [5.74, 6) is 1.22. The van der Waals surface area contributed by atoms with E-state index < -0.39 is 15.3 Å². The van der Waals surface area contributed by atoms with Crippen LogP contribution in [-0.4, -0.2) is 26.7 Å². The molecule has 0 aromatic heterocycles. The van der Waals surface area contributed by atoms with Crippen LogP contribution in [0.3, 0.4) is 0 Å². The van der Waals surface area contributed by atoms with Gasteiger partial charge in [0.05, 0.1) is 17.3 Å². The molecule has 0 aliphatic carbocycles. The predicted octanol–water partition coefficient (Wildman–Crippen LogP) is 3.33. The lowest BCUT2D eigenvalue weighted by Gasteiger charge is -2.17. The van der Waals surface area contributed by atoms with E-state index in [1.165, 1.54) is 0 Å². The molecule has 1 radical (unpaired) electrons. The molecule has 19 heavy (non-hydrogen) atoms. The van der Waals surface area contributed by atoms with Gasteiger partial charge in [0.1, 0.15) is 5.75 Å². The monoisotopic (exact) mass is 303 g/mol. The summed E-state index contributed by atoms with van der Waals surface area (Å²) in [7, 11) is -3.30. The number of hydrogen-bond donors (Lipinski definition) is 0. The van der Waals surface area contributed by atoms with Crippen molar-refractivity contribution in [3.05, 3.63) is 31.2 Å². The topological polar surface area (TPSA) is 43.4 Å². The molecule has 0 fully saturated rings. The third-order valence-electron chi connectivity index (χ3n) is 2.31. The van der Waals surface area contributed by atoms with Gasteiger partial charge in [-0.05, 0) is 43.0 Å². The minimum atomic E-state index is -3.30. The van der Waals surface area contributed by atoms with Crippen LogP contribution in [0.2, 0.25) is 0 Å². The van der Waals surface area contributed by atoms with Gasteiger partial charge in [0.25, 0.3) is 0 Å². The molecule has 0 unspecified atom stereocenters. The lowest BCUT2D eigenvalue weighted by molar-refractivity contribution is 0.318. The number of rotatable bonds is 7. The molecule has 0 amide bonds. The Balaban J connectivity index is 2.75. The highest BCUT2D eigenvalue weighted by atomic mass is 35.5. The van der Waals surface area contributed by atoms with Gasteiger partial charge in [0.15, 0.2) is 9.84 Å². The minimum Gasteiger partial charge on any atom is -0.494 e. The van der Waals surface area contributed by atoms with Crippen molar-refractivity contribution in [3.8, 4) is 5.75 Å². The normalized spacial score (nSPS) is 12.4. The van der Waals surface area contributed by atoms with E-state index in [1.807, 2.05) is 0 Å². The first kappa shape index (κ1) is 16.3. The largest absolute Gasteiger partial charge is 0.494 e. The van der Waals surface area contributed by atoms with Gasteiger partial charge in [0, 0.05) is 5.88 Å². The van der Waals surface area contributed by atoms with E-state index in [9.17, 15) is 8.42 Å². The maximum Gasteiger partial charge on any atom is 0.178 e. The molecular formula is C14H20ClO3S. The molecule has 5 heteroatoms. The fourth-order valence-electron chi connectivity index (χ4n) is 1.59. The Labute approximate surface area is 120 Å². The zero-order chi connectivity index (χ0) is 14.5. The average molecular weight is 304 g/mol. The summed E-state index contributed by atoms with van der Waals surface area (Å²) >= 11 is 5.55. The van der Waals surface area contributed by atoms with Gasteiger partial charge in [-0.25, -0.2) is 8.42 Å². The van der Waals surface area contributed by atoms with Gasteiger partial charge in [-0.2, -0.15) is 0 Å². The zero-order valence-corrected chi connectivity index (χ0v) is 12.9. The molecule has 0 atom stereocenters. The number of sulfone groups is 1. The van der Waals surface area contributed by atoms with Crippen LogP contribution in [0.5, 0.6) is 5.75 Å². The molecule has 1 aromatic carbocycles. The summed E-state index contributed by atoms with van der Waals surface area (Å²) in [6.07, 6.45) is 0.761. The van der Waals surface area contributed by atoms with Crippen LogP contribution in [0.1, 0.15) is 20.3 Å². The molecule has 0 aliphatic heterocycles. The quantitative estimate of drug-likeness (QED) is 0.573. The van der Waals surface area contributed by atoms with E-state index in [4.69, 9.17) is 16.3 Å². The molecule has 0 heterocycles. The van der Waals surface area contributed by atoms with E-state index in [0.717, 1.165) is 6.42 Å². The second-order valence-electron chi connectivity index (χ2n) is 5.29. The SMILES string of the molecule is [CH2]C(C)(C)CS(=O)(=O)c1ccc(OCCCCl)cc1. The zero-order valence-electron chi connectivity index (χ0n) is 11.4. The number of ether oxygens (including phenoxy) is 1. The molecule has 1 aromatic rings. The van der Waals surface area contributed by atoms with Crippen molar-refractivity contribution in [2.75, 3.05) is 18.2 Å². The fourth-order valence-corrected chi connectivity index (χ4v) is 3.44. The Morgan fingerprint density at radius 2 is 1.84 bits per heavy atom. The van der Waals surface area contributed by atoms with Crippen molar-refractivity contribution in [3.63, 3.8) is 0 Å². The van der Waals surface area contributed by atoms with Crippen LogP contribution in [0.25, 0.3) is 0 Å². The van der Waals surface area contributed by atoms with Crippen molar-refractivity contribution in [1.82, 2.24) is 0 Å². The van der Waals surface area contributed by atoms with Gasteiger partial charge < -0.3 is 4.74 Å². The van der Waals surface area contributed by atoms with Crippen LogP contribution in [0.15, 0.2) is 29.2 Å². The maximum absolute atomic E-state index is 12.1. The molecule has 107 valence electrons. The van der Waals surface area contributed by atoms with Crippen molar-refractivity contribution in [1.29, 1.82) is 0 Å². The van der Waals surface area contributed by atoms with E-state index in [0.29, 0.717) is 23.1 Å². The minimum absolute atomic E-state index is 0.0203. The molecule has 0 aliphatic rings. The van der Waals surface area contributed by atoms with Gasteiger partial charge in [-0.3, -0.25) is 0 Å². The molecule has 0 saturated heterocycles. The molecule has 0 N–H and O–H groups in total. The summed E-state index contributed by atoms with van der Waals surface area (Å²) in [4.78, 5) is 0.300. The van der Waals surface area contributed by atoms with E-state index in [1.54, 1.807) is 38.1 Å². The van der Waals surface area contributed by atoms with E-state index >= 15 is 0 Å². The Hall–Kier alpha value is -0.740. The summed E-state index contributed by atoms with van der Waals surface area (Å²) in [6.45, 7) is 7.96. The highest BCUT2D eigenvalue weighted by Crippen LogP contribution is 2.23. The molecule has 0 bridgehead atoms. The molecule has 0 spiro atoms. The summed E-state index contributed by atoms with van der Waals surface area (Å²) < 4.78 is 29.7. The molecule has 0 saturated carbocycles. The molecular weight excluding hydrogens is 284 g/mol. The van der Waals surface area contributed by atoms with Crippen LogP contribution in [0, 0.1) is 12.3 Å². The van der Waals surface area contributed by atoms with Gasteiger partial charge in [0.2, 0.25) is 0 Å². The first-order valence-electron chi connectivity index (χ1n) is 6.11. The highest BCUT2D eigenvalue weighted by molar-refractivity contribution is 7.91. The Kier molecular flexibility index (Phi) is 5.68. The first-order valence-corrected chi connectivity index (χ1v) is 8.30. The van der Waals surface area contributed by atoms with Crippen LogP contribution >= 0.6 is 11.6 Å². The van der Waals surface area contributed by atoms with Crippen LogP contribution in [0.4, 0.5) is 0 Å². The number of hydrogen-bond acceptors (Lipinski definition) is 3. The summed E-state index contributed by atoms with van der Waals surface area (Å²) in [5, 5.41) is 0. The fraction of sp³-hybridized carbons (Fsp3) is 0.500. The number of alkyl halides is 1. The van der Waals surface area contributed by atoms with Crippen LogP contribution in [-0.2, 0) is 9.84 Å². The summed E-state index contributed by atoms with van der Waals surface area (Å²) in [6, 6.07) is 6.46. The lowest BCUT2D eigenvalue weighted by Crippen LogP contribution is -2.21. The number of benzene rings is 1. The summed E-state index contributed by atoms with van der Waals surface area (Å²) in [5.41, 5.74) is -0.506. The van der Waals surface area contributed by atoms with Crippen LogP contribution < -0.4 is 4.74 Å². The lowest BCUT2D eigenvalue weighted by atomic mass is 10.0. The van der Waals surface area contributed by atoms with Crippen molar-refractivity contribution in [2.45, 2.75) is 25.2 Å². The Morgan fingerprint density at radius 1 is 1.26 bits per heavy atom. The van der Waals surface area contributed by atoms with E-state index in [2.05, 4.69) is 6.92 Å². The van der Waals surface area contributed by atoms with Crippen molar-refractivity contribution in [2.24, 2.45) is 5.41 Å². The average Bonchev–Trinajstić information content (AvgIpc) is 2.27. The number of halogens is 1. The Bertz CT molecular complexity index is 486. The second-order valence-corrected chi connectivity index (χ2v) is 7.65. The molecule has 3 nitrogen and oxygen atoms in total. The van der Waals surface area contributed by atoms with Gasteiger partial charge in [-0.1, -0.05) is 13.8 Å².